The third kappa shape index (κ3) is 5.51. The standard InChI is InChI=1S/C22H28O4/c1-5-6-13-25-18-11-12-19(20(23)14-18)21(24)15-26-17-9-7-16(8-10-17)22(2,3)4/h7-12,14,23H,5-6,13,15H2,1-4H3. The highest BCUT2D eigenvalue weighted by Gasteiger charge is 2.15. The first-order valence-electron chi connectivity index (χ1n) is 9.03. The molecule has 4 heteroatoms. The van der Waals surface area contributed by atoms with Gasteiger partial charge >= 0.3 is 0 Å². The van der Waals surface area contributed by atoms with Crippen molar-refractivity contribution < 1.29 is 19.4 Å². The van der Waals surface area contributed by atoms with Crippen LogP contribution in [0.2, 0.25) is 0 Å². The molecule has 0 saturated heterocycles. The van der Waals surface area contributed by atoms with Gasteiger partial charge in [-0.15, -0.1) is 0 Å². The summed E-state index contributed by atoms with van der Waals surface area (Å²) in [6.45, 7) is 8.98. The van der Waals surface area contributed by atoms with Gasteiger partial charge in [-0.05, 0) is 41.7 Å². The summed E-state index contributed by atoms with van der Waals surface area (Å²) in [4.78, 5) is 12.3. The second kappa shape index (κ2) is 8.75. The fraction of sp³-hybridized carbons (Fsp3) is 0.409. The lowest BCUT2D eigenvalue weighted by Crippen LogP contribution is -2.13. The summed E-state index contributed by atoms with van der Waals surface area (Å²) >= 11 is 0. The first kappa shape index (κ1) is 19.8. The van der Waals surface area contributed by atoms with Gasteiger partial charge in [-0.1, -0.05) is 46.2 Å². The number of phenolic OH excluding ortho intramolecular Hbond substituents is 1. The van der Waals surface area contributed by atoms with E-state index in [2.05, 4.69) is 27.7 Å². The first-order chi connectivity index (χ1) is 12.3. The van der Waals surface area contributed by atoms with Gasteiger partial charge in [0.25, 0.3) is 0 Å². The number of ketones is 1. The van der Waals surface area contributed by atoms with Gasteiger partial charge in [0.2, 0.25) is 5.78 Å². The average molecular weight is 356 g/mol. The van der Waals surface area contributed by atoms with Gasteiger partial charge < -0.3 is 14.6 Å². The molecular formula is C22H28O4. The molecule has 1 N–H and O–H groups in total. The summed E-state index contributed by atoms with van der Waals surface area (Å²) in [5.41, 5.74) is 1.51. The molecule has 0 aliphatic heterocycles. The summed E-state index contributed by atoms with van der Waals surface area (Å²) in [6.07, 6.45) is 1.99. The number of carbonyl (C=O) groups is 1. The average Bonchev–Trinajstić information content (AvgIpc) is 2.59. The summed E-state index contributed by atoms with van der Waals surface area (Å²) in [6, 6.07) is 12.5. The summed E-state index contributed by atoms with van der Waals surface area (Å²) in [5.74, 6) is 0.828. The van der Waals surface area contributed by atoms with Crippen molar-refractivity contribution in [3.63, 3.8) is 0 Å². The Kier molecular flexibility index (Phi) is 6.67. The van der Waals surface area contributed by atoms with Crippen LogP contribution in [0.5, 0.6) is 17.2 Å². The van der Waals surface area contributed by atoms with Crippen LogP contribution in [0.15, 0.2) is 42.5 Å². The van der Waals surface area contributed by atoms with Crippen molar-refractivity contribution in [2.75, 3.05) is 13.2 Å². The Bertz CT molecular complexity index is 727. The van der Waals surface area contributed by atoms with Crippen molar-refractivity contribution in [1.29, 1.82) is 0 Å². The molecule has 4 nitrogen and oxygen atoms in total. The van der Waals surface area contributed by atoms with Gasteiger partial charge in [-0.2, -0.15) is 0 Å². The Labute approximate surface area is 155 Å². The SMILES string of the molecule is CCCCOc1ccc(C(=O)COc2ccc(C(C)(C)C)cc2)c(O)c1. The Morgan fingerprint density at radius 3 is 2.23 bits per heavy atom. The predicted octanol–water partition coefficient (Wildman–Crippen LogP) is 5.13. The normalized spacial score (nSPS) is 11.2. The fourth-order valence-corrected chi connectivity index (χ4v) is 2.45. The van der Waals surface area contributed by atoms with Crippen LogP contribution in [0.1, 0.15) is 56.5 Å². The molecule has 0 unspecified atom stereocenters. The lowest BCUT2D eigenvalue weighted by Gasteiger charge is -2.19. The molecular weight excluding hydrogens is 328 g/mol. The van der Waals surface area contributed by atoms with Crippen molar-refractivity contribution >= 4 is 5.78 Å². The molecule has 0 aliphatic carbocycles. The highest BCUT2D eigenvalue weighted by Crippen LogP contribution is 2.26. The fourth-order valence-electron chi connectivity index (χ4n) is 2.45. The second-order valence-electron chi connectivity index (χ2n) is 7.37. The van der Waals surface area contributed by atoms with E-state index in [1.54, 1.807) is 12.1 Å². The molecule has 0 fully saturated rings. The maximum atomic E-state index is 12.3. The summed E-state index contributed by atoms with van der Waals surface area (Å²) in [7, 11) is 0. The highest BCUT2D eigenvalue weighted by molar-refractivity contribution is 5.99. The summed E-state index contributed by atoms with van der Waals surface area (Å²) < 4.78 is 11.1. The van der Waals surface area contributed by atoms with E-state index in [-0.39, 0.29) is 29.1 Å². The van der Waals surface area contributed by atoms with Crippen LogP contribution in [-0.4, -0.2) is 24.1 Å². The molecule has 0 atom stereocenters. The van der Waals surface area contributed by atoms with Crippen LogP contribution in [0.4, 0.5) is 0 Å². The largest absolute Gasteiger partial charge is 0.507 e. The van der Waals surface area contributed by atoms with E-state index in [9.17, 15) is 9.90 Å². The molecule has 0 heterocycles. The lowest BCUT2D eigenvalue weighted by molar-refractivity contribution is 0.0918. The Morgan fingerprint density at radius 2 is 1.65 bits per heavy atom. The van der Waals surface area contributed by atoms with Gasteiger partial charge in [-0.3, -0.25) is 4.79 Å². The van der Waals surface area contributed by atoms with E-state index in [0.29, 0.717) is 18.1 Å². The first-order valence-corrected chi connectivity index (χ1v) is 9.03. The molecule has 26 heavy (non-hydrogen) atoms. The molecule has 0 aliphatic rings. The number of ether oxygens (including phenoxy) is 2. The van der Waals surface area contributed by atoms with Crippen LogP contribution in [0.25, 0.3) is 0 Å². The van der Waals surface area contributed by atoms with Gasteiger partial charge in [0.15, 0.2) is 6.61 Å². The van der Waals surface area contributed by atoms with E-state index in [1.165, 1.54) is 11.6 Å². The number of phenols is 1. The molecule has 2 aromatic carbocycles. The van der Waals surface area contributed by atoms with Crippen LogP contribution in [0, 0.1) is 0 Å². The van der Waals surface area contributed by atoms with Crippen molar-refractivity contribution in [2.45, 2.75) is 46.0 Å². The number of hydrogen-bond donors (Lipinski definition) is 1. The topological polar surface area (TPSA) is 55.8 Å². The van der Waals surface area contributed by atoms with E-state index < -0.39 is 0 Å². The van der Waals surface area contributed by atoms with Crippen LogP contribution >= 0.6 is 0 Å². The smallest absolute Gasteiger partial charge is 0.203 e. The third-order valence-corrected chi connectivity index (χ3v) is 4.13. The number of carbonyl (C=O) groups excluding carboxylic acids is 1. The van der Waals surface area contributed by atoms with Crippen LogP contribution in [-0.2, 0) is 5.41 Å². The van der Waals surface area contributed by atoms with E-state index in [0.717, 1.165) is 12.8 Å². The zero-order valence-electron chi connectivity index (χ0n) is 16.0. The number of rotatable bonds is 8. The molecule has 2 aromatic rings. The molecule has 0 spiro atoms. The molecule has 0 radical (unpaired) electrons. The van der Waals surface area contributed by atoms with Gasteiger partial charge in [0.05, 0.1) is 12.2 Å². The lowest BCUT2D eigenvalue weighted by atomic mass is 9.87. The zero-order chi connectivity index (χ0) is 19.2. The molecule has 0 aromatic heterocycles. The van der Waals surface area contributed by atoms with E-state index >= 15 is 0 Å². The summed E-state index contributed by atoms with van der Waals surface area (Å²) in [5, 5.41) is 10.1. The van der Waals surface area contributed by atoms with Gasteiger partial charge in [0.1, 0.15) is 17.2 Å². The predicted molar refractivity (Wildman–Crippen MR) is 103 cm³/mol. The Balaban J connectivity index is 1.95. The number of unbranched alkanes of at least 4 members (excludes halogenated alkanes) is 1. The Morgan fingerprint density at radius 1 is 1.00 bits per heavy atom. The van der Waals surface area contributed by atoms with E-state index in [1.807, 2.05) is 24.3 Å². The minimum absolute atomic E-state index is 0.0705. The van der Waals surface area contributed by atoms with Crippen LogP contribution in [0.3, 0.4) is 0 Å². The molecule has 2 rings (SSSR count). The Hall–Kier alpha value is -2.49. The van der Waals surface area contributed by atoms with Crippen molar-refractivity contribution in [3.8, 4) is 17.2 Å². The molecule has 0 bridgehead atoms. The van der Waals surface area contributed by atoms with Gasteiger partial charge in [0, 0.05) is 6.07 Å². The molecule has 0 amide bonds. The molecule has 140 valence electrons. The highest BCUT2D eigenvalue weighted by atomic mass is 16.5. The van der Waals surface area contributed by atoms with E-state index in [4.69, 9.17) is 9.47 Å². The second-order valence-corrected chi connectivity index (χ2v) is 7.37. The van der Waals surface area contributed by atoms with Crippen LogP contribution < -0.4 is 9.47 Å². The minimum atomic E-state index is -0.275. The molecule has 0 saturated carbocycles. The quantitative estimate of drug-likeness (QED) is 0.526. The zero-order valence-corrected chi connectivity index (χ0v) is 16.0. The monoisotopic (exact) mass is 356 g/mol. The van der Waals surface area contributed by atoms with Crippen molar-refractivity contribution in [2.24, 2.45) is 0 Å². The maximum absolute atomic E-state index is 12.3. The number of benzene rings is 2. The maximum Gasteiger partial charge on any atom is 0.203 e. The number of hydrogen-bond acceptors (Lipinski definition) is 4. The minimum Gasteiger partial charge on any atom is -0.507 e. The van der Waals surface area contributed by atoms with Gasteiger partial charge in [-0.25, -0.2) is 0 Å². The van der Waals surface area contributed by atoms with Crippen molar-refractivity contribution in [1.82, 2.24) is 0 Å². The third-order valence-electron chi connectivity index (χ3n) is 4.13. The number of Topliss-reactive ketones (excluding diaryl/α,β-unsaturated/α-hetero) is 1. The van der Waals surface area contributed by atoms with Crippen molar-refractivity contribution in [3.05, 3.63) is 53.6 Å². The number of aromatic hydroxyl groups is 1.